The lowest BCUT2D eigenvalue weighted by Crippen LogP contribution is -2.62. The van der Waals surface area contributed by atoms with Crippen molar-refractivity contribution in [2.45, 2.75) is 90.4 Å². The van der Waals surface area contributed by atoms with Crippen LogP contribution >= 0.6 is 0 Å². The van der Waals surface area contributed by atoms with Gasteiger partial charge in [0.15, 0.2) is 0 Å². The molecule has 5 N–H and O–H groups in total. The minimum absolute atomic E-state index is 0.000768. The molecule has 0 aromatic heterocycles. The fourth-order valence-corrected chi connectivity index (χ4v) is 9.32. The summed E-state index contributed by atoms with van der Waals surface area (Å²) in [5, 5.41) is 35.7. The van der Waals surface area contributed by atoms with Gasteiger partial charge in [-0.05, 0) is 91.3 Å². The van der Waals surface area contributed by atoms with Crippen molar-refractivity contribution in [1.82, 2.24) is 5.32 Å². The van der Waals surface area contributed by atoms with E-state index in [1.165, 1.54) is 0 Å². The zero-order chi connectivity index (χ0) is 25.1. The summed E-state index contributed by atoms with van der Waals surface area (Å²) in [4.78, 5) is 12.4. The molecule has 0 spiro atoms. The lowest BCUT2D eigenvalue weighted by molar-refractivity contribution is -0.207. The van der Waals surface area contributed by atoms with E-state index in [1.807, 2.05) is 6.92 Å². The Morgan fingerprint density at radius 2 is 1.76 bits per heavy atom. The van der Waals surface area contributed by atoms with E-state index >= 15 is 0 Å². The lowest BCUT2D eigenvalue weighted by Gasteiger charge is -2.63. The molecule has 0 saturated heterocycles. The van der Waals surface area contributed by atoms with Gasteiger partial charge in [0.25, 0.3) is 10.1 Å². The van der Waals surface area contributed by atoms with Crippen LogP contribution in [0.5, 0.6) is 0 Å². The molecule has 9 heteroatoms. The van der Waals surface area contributed by atoms with Crippen LogP contribution in [0, 0.1) is 46.3 Å². The van der Waals surface area contributed by atoms with Crippen LogP contribution in [0.15, 0.2) is 0 Å². The van der Waals surface area contributed by atoms with Gasteiger partial charge in [-0.2, -0.15) is 8.42 Å². The van der Waals surface area contributed by atoms with Gasteiger partial charge < -0.3 is 20.6 Å². The number of hydrogen-bond donors (Lipinski definition) is 5. The molecule has 196 valence electrons. The molecule has 0 radical (unpaired) electrons. The highest BCUT2D eigenvalue weighted by atomic mass is 32.2. The Hall–Kier alpha value is -0.740. The minimum Gasteiger partial charge on any atom is -0.393 e. The quantitative estimate of drug-likeness (QED) is 0.350. The number of fused-ring (bicyclic) bond motifs is 5. The maximum absolute atomic E-state index is 12.4. The Balaban J connectivity index is 1.48. The first kappa shape index (κ1) is 26.3. The van der Waals surface area contributed by atoms with Crippen molar-refractivity contribution in [1.29, 1.82) is 0 Å². The third kappa shape index (κ3) is 4.56. The summed E-state index contributed by atoms with van der Waals surface area (Å²) in [6.07, 6.45) is 4.66. The van der Waals surface area contributed by atoms with Crippen molar-refractivity contribution in [2.24, 2.45) is 46.3 Å². The summed E-state index contributed by atoms with van der Waals surface area (Å²) in [7, 11) is -4.12. The molecule has 34 heavy (non-hydrogen) atoms. The summed E-state index contributed by atoms with van der Waals surface area (Å²) in [5.41, 5.74) is -0.351. The number of nitrogens with one attached hydrogen (secondary N) is 1. The second-order valence-corrected chi connectivity index (χ2v) is 13.9. The van der Waals surface area contributed by atoms with E-state index in [9.17, 15) is 28.5 Å². The van der Waals surface area contributed by atoms with Gasteiger partial charge in [-0.25, -0.2) is 0 Å². The molecule has 4 aliphatic rings. The van der Waals surface area contributed by atoms with Crippen molar-refractivity contribution in [3.05, 3.63) is 0 Å². The van der Waals surface area contributed by atoms with E-state index < -0.39 is 28.1 Å². The van der Waals surface area contributed by atoms with Crippen molar-refractivity contribution >= 4 is 16.0 Å². The third-order valence-electron chi connectivity index (χ3n) is 10.7. The SMILES string of the molecule is C[C@H](CC(=O)NCCS(=O)(=O)O)[C@H]1CC[C@H]2[C@@H]3[C@H](O)C[C@@H]4C[C@H](O)CC[C@]4(C)[C@H]3C[C@H](O)[C@]12C. The van der Waals surface area contributed by atoms with Crippen molar-refractivity contribution in [2.75, 3.05) is 12.3 Å². The van der Waals surface area contributed by atoms with E-state index in [0.717, 1.165) is 32.1 Å². The monoisotopic (exact) mass is 501 g/mol. The van der Waals surface area contributed by atoms with Gasteiger partial charge in [0.2, 0.25) is 5.91 Å². The molecule has 0 heterocycles. The Morgan fingerprint density at radius 3 is 2.44 bits per heavy atom. The predicted octanol–water partition coefficient (Wildman–Crippen LogP) is 1.98. The molecular formula is C25H43NO7S. The standard InChI is InChI=1S/C25H43NO7S/c1-14(10-22(30)26-8-9-34(31,32)33)17-4-5-18-23-19(13-21(29)25(17,18)3)24(2)7-6-16(27)11-15(24)12-20(23)28/h14-21,23,27-29H,4-13H2,1-3H3,(H,26,30)(H,31,32,33)/t14-,15+,16-,17-,18+,19+,20-,21+,23+,24+,25-/m1/s1. The Kier molecular flexibility index (Phi) is 7.19. The number of rotatable bonds is 6. The van der Waals surface area contributed by atoms with Crippen LogP contribution in [0.4, 0.5) is 0 Å². The van der Waals surface area contributed by atoms with Crippen LogP contribution in [0.3, 0.4) is 0 Å². The molecule has 4 fully saturated rings. The summed E-state index contributed by atoms with van der Waals surface area (Å²) in [6.45, 7) is 6.36. The number of carbonyl (C=O) groups excluding carboxylic acids is 1. The number of amides is 1. The maximum atomic E-state index is 12.4. The summed E-state index contributed by atoms with van der Waals surface area (Å²) >= 11 is 0. The topological polar surface area (TPSA) is 144 Å². The van der Waals surface area contributed by atoms with Gasteiger partial charge in [0.1, 0.15) is 0 Å². The summed E-state index contributed by atoms with van der Waals surface area (Å²) < 4.78 is 30.6. The van der Waals surface area contributed by atoms with Gasteiger partial charge >= 0.3 is 0 Å². The van der Waals surface area contributed by atoms with Crippen LogP contribution < -0.4 is 5.32 Å². The van der Waals surface area contributed by atoms with Crippen LogP contribution in [-0.2, 0) is 14.9 Å². The highest BCUT2D eigenvalue weighted by Crippen LogP contribution is 2.68. The van der Waals surface area contributed by atoms with Gasteiger partial charge in [-0.15, -0.1) is 0 Å². The predicted molar refractivity (Wildman–Crippen MR) is 127 cm³/mol. The maximum Gasteiger partial charge on any atom is 0.266 e. The minimum atomic E-state index is -4.12. The molecule has 1 amide bonds. The molecule has 0 unspecified atom stereocenters. The van der Waals surface area contributed by atoms with E-state index in [4.69, 9.17) is 4.55 Å². The Labute approximate surface area is 203 Å². The van der Waals surface area contributed by atoms with Crippen molar-refractivity contribution < 1.29 is 33.1 Å². The first-order valence-electron chi connectivity index (χ1n) is 13.0. The average Bonchev–Trinajstić information content (AvgIpc) is 3.08. The van der Waals surface area contributed by atoms with Gasteiger partial charge in [-0.1, -0.05) is 20.8 Å². The number of aliphatic hydroxyl groups is 3. The average molecular weight is 502 g/mol. The van der Waals surface area contributed by atoms with Crippen molar-refractivity contribution in [3.8, 4) is 0 Å². The zero-order valence-corrected chi connectivity index (χ0v) is 21.5. The van der Waals surface area contributed by atoms with Gasteiger partial charge in [0.05, 0.1) is 24.1 Å². The van der Waals surface area contributed by atoms with Crippen LogP contribution in [0.25, 0.3) is 0 Å². The Bertz CT molecular complexity index is 880. The molecule has 0 aliphatic heterocycles. The molecule has 0 bridgehead atoms. The molecule has 4 rings (SSSR count). The zero-order valence-electron chi connectivity index (χ0n) is 20.7. The smallest absolute Gasteiger partial charge is 0.266 e. The second-order valence-electron chi connectivity index (χ2n) is 12.3. The van der Waals surface area contributed by atoms with E-state index in [-0.39, 0.29) is 71.3 Å². The number of aliphatic hydroxyl groups excluding tert-OH is 3. The Morgan fingerprint density at radius 1 is 1.06 bits per heavy atom. The van der Waals surface area contributed by atoms with Crippen molar-refractivity contribution in [3.63, 3.8) is 0 Å². The lowest BCUT2D eigenvalue weighted by atomic mass is 9.43. The first-order valence-corrected chi connectivity index (χ1v) is 14.6. The van der Waals surface area contributed by atoms with Gasteiger partial charge in [-0.3, -0.25) is 9.35 Å². The van der Waals surface area contributed by atoms with Crippen LogP contribution in [0.1, 0.15) is 72.1 Å². The molecule has 0 aromatic rings. The third-order valence-corrected chi connectivity index (χ3v) is 11.4. The number of hydrogen-bond acceptors (Lipinski definition) is 6. The summed E-state index contributed by atoms with van der Waals surface area (Å²) in [5.74, 6) is 0.216. The molecular weight excluding hydrogens is 458 g/mol. The van der Waals surface area contributed by atoms with E-state index in [2.05, 4.69) is 19.2 Å². The summed E-state index contributed by atoms with van der Waals surface area (Å²) in [6, 6.07) is 0. The fourth-order valence-electron chi connectivity index (χ4n) is 8.96. The highest BCUT2D eigenvalue weighted by Gasteiger charge is 2.65. The fraction of sp³-hybridized carbons (Fsp3) is 0.960. The van der Waals surface area contributed by atoms with E-state index in [1.54, 1.807) is 0 Å². The molecule has 0 aromatic carbocycles. The normalized spacial score (nSPS) is 47.3. The first-order chi connectivity index (χ1) is 15.8. The van der Waals surface area contributed by atoms with Gasteiger partial charge in [0, 0.05) is 13.0 Å². The van der Waals surface area contributed by atoms with E-state index in [0.29, 0.717) is 12.8 Å². The molecule has 11 atom stereocenters. The number of carbonyl (C=O) groups is 1. The molecule has 4 aliphatic carbocycles. The van der Waals surface area contributed by atoms with Crippen LogP contribution in [-0.4, -0.2) is 64.8 Å². The second kappa shape index (κ2) is 9.29. The highest BCUT2D eigenvalue weighted by molar-refractivity contribution is 7.85. The van der Waals surface area contributed by atoms with Crippen LogP contribution in [0.2, 0.25) is 0 Å². The molecule has 8 nitrogen and oxygen atoms in total. The largest absolute Gasteiger partial charge is 0.393 e. The molecule has 4 saturated carbocycles.